The van der Waals surface area contributed by atoms with Gasteiger partial charge in [-0.1, -0.05) is 43.7 Å². The van der Waals surface area contributed by atoms with E-state index in [0.29, 0.717) is 17.9 Å². The SMILES string of the molecule is CCCCNC(=O)C(C#N)=Cc1cnc(-c2ccccc2)nc1. The Hall–Kier alpha value is -3.00. The van der Waals surface area contributed by atoms with Crippen molar-refractivity contribution in [3.05, 3.63) is 53.9 Å². The highest BCUT2D eigenvalue weighted by Gasteiger charge is 2.08. The van der Waals surface area contributed by atoms with E-state index >= 15 is 0 Å². The molecule has 0 bridgehead atoms. The number of aromatic nitrogens is 2. The topological polar surface area (TPSA) is 78.7 Å². The third-order valence-electron chi connectivity index (χ3n) is 3.20. The maximum Gasteiger partial charge on any atom is 0.261 e. The molecule has 0 aliphatic carbocycles. The Labute approximate surface area is 135 Å². The van der Waals surface area contributed by atoms with Gasteiger partial charge < -0.3 is 5.32 Å². The van der Waals surface area contributed by atoms with Crippen LogP contribution >= 0.6 is 0 Å². The van der Waals surface area contributed by atoms with Crippen LogP contribution in [0, 0.1) is 11.3 Å². The molecule has 0 spiro atoms. The fourth-order valence-corrected chi connectivity index (χ4v) is 1.94. The maximum absolute atomic E-state index is 11.9. The molecule has 1 aromatic heterocycles. The van der Waals surface area contributed by atoms with Crippen LogP contribution in [0.2, 0.25) is 0 Å². The molecule has 23 heavy (non-hydrogen) atoms. The lowest BCUT2D eigenvalue weighted by Crippen LogP contribution is -2.25. The van der Waals surface area contributed by atoms with E-state index in [9.17, 15) is 4.79 Å². The van der Waals surface area contributed by atoms with Crippen molar-refractivity contribution in [3.63, 3.8) is 0 Å². The van der Waals surface area contributed by atoms with Crippen molar-refractivity contribution in [3.8, 4) is 17.5 Å². The fourth-order valence-electron chi connectivity index (χ4n) is 1.94. The Morgan fingerprint density at radius 3 is 2.57 bits per heavy atom. The molecule has 0 aliphatic heterocycles. The van der Waals surface area contributed by atoms with Crippen molar-refractivity contribution in [1.82, 2.24) is 15.3 Å². The molecule has 0 atom stereocenters. The smallest absolute Gasteiger partial charge is 0.261 e. The highest BCUT2D eigenvalue weighted by Crippen LogP contribution is 2.14. The Balaban J connectivity index is 2.11. The van der Waals surface area contributed by atoms with Gasteiger partial charge in [0.15, 0.2) is 5.82 Å². The van der Waals surface area contributed by atoms with Crippen LogP contribution in [0.4, 0.5) is 0 Å². The van der Waals surface area contributed by atoms with Crippen LogP contribution < -0.4 is 5.32 Å². The molecule has 116 valence electrons. The van der Waals surface area contributed by atoms with Gasteiger partial charge in [-0.25, -0.2) is 9.97 Å². The summed E-state index contributed by atoms with van der Waals surface area (Å²) in [5.41, 5.74) is 1.59. The average molecular weight is 306 g/mol. The molecule has 0 saturated carbocycles. The highest BCUT2D eigenvalue weighted by molar-refractivity contribution is 6.01. The third-order valence-corrected chi connectivity index (χ3v) is 3.20. The van der Waals surface area contributed by atoms with E-state index in [1.807, 2.05) is 43.3 Å². The Morgan fingerprint density at radius 1 is 1.26 bits per heavy atom. The standard InChI is InChI=1S/C18H18N4O/c1-2-3-9-20-18(23)16(11-19)10-14-12-21-17(22-13-14)15-7-5-4-6-8-15/h4-8,10,12-13H,2-3,9H2,1H3,(H,20,23). The number of nitrogens with zero attached hydrogens (tertiary/aromatic N) is 3. The van der Waals surface area contributed by atoms with Gasteiger partial charge in [-0.2, -0.15) is 5.26 Å². The zero-order valence-electron chi connectivity index (χ0n) is 13.0. The number of hydrogen-bond acceptors (Lipinski definition) is 4. The van der Waals surface area contributed by atoms with Crippen LogP contribution in [0.5, 0.6) is 0 Å². The number of benzene rings is 1. The van der Waals surface area contributed by atoms with Gasteiger partial charge in [0.2, 0.25) is 0 Å². The molecule has 0 fully saturated rings. The Morgan fingerprint density at radius 2 is 1.96 bits per heavy atom. The lowest BCUT2D eigenvalue weighted by atomic mass is 10.1. The first-order valence-electron chi connectivity index (χ1n) is 7.52. The second kappa shape index (κ2) is 8.44. The van der Waals surface area contributed by atoms with Gasteiger partial charge in [-0.3, -0.25) is 4.79 Å². The molecule has 0 saturated heterocycles. The van der Waals surface area contributed by atoms with Crippen LogP contribution in [0.1, 0.15) is 25.3 Å². The van der Waals surface area contributed by atoms with E-state index in [-0.39, 0.29) is 11.5 Å². The van der Waals surface area contributed by atoms with Crippen molar-refractivity contribution in [2.24, 2.45) is 0 Å². The summed E-state index contributed by atoms with van der Waals surface area (Å²) in [5.74, 6) is 0.238. The van der Waals surface area contributed by atoms with Crippen LogP contribution in [0.25, 0.3) is 17.5 Å². The zero-order valence-corrected chi connectivity index (χ0v) is 13.0. The molecular weight excluding hydrogens is 288 g/mol. The van der Waals surface area contributed by atoms with Crippen LogP contribution in [-0.2, 0) is 4.79 Å². The number of rotatable bonds is 6. The number of unbranched alkanes of at least 4 members (excludes halogenated alkanes) is 1. The summed E-state index contributed by atoms with van der Waals surface area (Å²) in [6.45, 7) is 2.61. The summed E-state index contributed by atoms with van der Waals surface area (Å²) >= 11 is 0. The Kier molecular flexibility index (Phi) is 6.01. The molecule has 0 aliphatic rings. The lowest BCUT2D eigenvalue weighted by Gasteiger charge is -2.03. The first-order chi connectivity index (χ1) is 11.2. The summed E-state index contributed by atoms with van der Waals surface area (Å²) in [7, 11) is 0. The van der Waals surface area contributed by atoms with Gasteiger partial charge in [0.25, 0.3) is 5.91 Å². The van der Waals surface area contributed by atoms with Crippen LogP contribution in [0.15, 0.2) is 48.3 Å². The summed E-state index contributed by atoms with van der Waals surface area (Å²) < 4.78 is 0. The first kappa shape index (κ1) is 16.4. The first-order valence-corrected chi connectivity index (χ1v) is 7.52. The second-order valence-electron chi connectivity index (χ2n) is 4.99. The van der Waals surface area contributed by atoms with E-state index in [1.165, 1.54) is 6.08 Å². The van der Waals surface area contributed by atoms with Crippen LogP contribution in [0.3, 0.4) is 0 Å². The van der Waals surface area contributed by atoms with Crippen molar-refractivity contribution in [2.45, 2.75) is 19.8 Å². The predicted octanol–water partition coefficient (Wildman–Crippen LogP) is 2.97. The summed E-state index contributed by atoms with van der Waals surface area (Å²) in [6, 6.07) is 11.5. The van der Waals surface area contributed by atoms with Gasteiger partial charge in [-0.15, -0.1) is 0 Å². The third kappa shape index (κ3) is 4.75. The van der Waals surface area contributed by atoms with E-state index < -0.39 is 0 Å². The van der Waals surface area contributed by atoms with Crippen molar-refractivity contribution >= 4 is 12.0 Å². The molecule has 1 aromatic carbocycles. The number of nitriles is 1. The number of carbonyl (C=O) groups is 1. The molecule has 2 rings (SSSR count). The highest BCUT2D eigenvalue weighted by atomic mass is 16.1. The lowest BCUT2D eigenvalue weighted by molar-refractivity contribution is -0.117. The molecular formula is C18H18N4O. The average Bonchev–Trinajstić information content (AvgIpc) is 2.61. The number of carbonyl (C=O) groups excluding carboxylic acids is 1. The minimum Gasteiger partial charge on any atom is -0.351 e. The van der Waals surface area contributed by atoms with E-state index in [4.69, 9.17) is 5.26 Å². The normalized spacial score (nSPS) is 10.9. The molecule has 5 heteroatoms. The summed E-state index contributed by atoms with van der Waals surface area (Å²) in [5, 5.41) is 11.8. The molecule has 1 N–H and O–H groups in total. The molecule has 5 nitrogen and oxygen atoms in total. The van der Waals surface area contributed by atoms with E-state index in [0.717, 1.165) is 18.4 Å². The minimum absolute atomic E-state index is 0.0529. The molecule has 0 radical (unpaired) electrons. The monoisotopic (exact) mass is 306 g/mol. The quantitative estimate of drug-likeness (QED) is 0.505. The summed E-state index contributed by atoms with van der Waals surface area (Å²) in [6.07, 6.45) is 6.58. The van der Waals surface area contributed by atoms with E-state index in [1.54, 1.807) is 12.4 Å². The number of hydrogen-bond donors (Lipinski definition) is 1. The van der Waals surface area contributed by atoms with Gasteiger partial charge in [0, 0.05) is 30.1 Å². The van der Waals surface area contributed by atoms with Gasteiger partial charge in [0.05, 0.1) is 0 Å². The Bertz CT molecular complexity index is 715. The van der Waals surface area contributed by atoms with Crippen molar-refractivity contribution in [2.75, 3.05) is 6.54 Å². The summed E-state index contributed by atoms with van der Waals surface area (Å²) in [4.78, 5) is 20.4. The van der Waals surface area contributed by atoms with E-state index in [2.05, 4.69) is 15.3 Å². The molecule has 2 aromatic rings. The zero-order chi connectivity index (χ0) is 16.5. The van der Waals surface area contributed by atoms with Crippen LogP contribution in [-0.4, -0.2) is 22.4 Å². The molecule has 1 amide bonds. The molecule has 1 heterocycles. The largest absolute Gasteiger partial charge is 0.351 e. The predicted molar refractivity (Wildman–Crippen MR) is 89.0 cm³/mol. The minimum atomic E-state index is -0.368. The van der Waals surface area contributed by atoms with Crippen molar-refractivity contribution in [1.29, 1.82) is 5.26 Å². The second-order valence-corrected chi connectivity index (χ2v) is 4.99. The van der Waals surface area contributed by atoms with Gasteiger partial charge in [-0.05, 0) is 12.5 Å². The van der Waals surface area contributed by atoms with Crippen molar-refractivity contribution < 1.29 is 4.79 Å². The fraction of sp³-hybridized carbons (Fsp3) is 0.222. The molecule has 0 unspecified atom stereocenters. The number of nitrogens with one attached hydrogen (secondary N) is 1. The van der Waals surface area contributed by atoms with Gasteiger partial charge >= 0.3 is 0 Å². The number of amides is 1. The maximum atomic E-state index is 11.9. The van der Waals surface area contributed by atoms with Gasteiger partial charge in [0.1, 0.15) is 11.6 Å².